The third kappa shape index (κ3) is 3.57. The number of aryl methyl sites for hydroxylation is 2. The Morgan fingerprint density at radius 1 is 1.12 bits per heavy atom. The van der Waals surface area contributed by atoms with Gasteiger partial charge in [-0.1, -0.05) is 25.1 Å². The Morgan fingerprint density at radius 2 is 1.94 bits per heavy atom. The smallest absolute Gasteiger partial charge is 0.0233 e. The Balaban J connectivity index is 1.97. The van der Waals surface area contributed by atoms with E-state index in [-0.39, 0.29) is 0 Å². The highest BCUT2D eigenvalue weighted by Gasteiger charge is 2.13. The summed E-state index contributed by atoms with van der Waals surface area (Å²) in [6.07, 6.45) is 4.14. The summed E-state index contributed by atoms with van der Waals surface area (Å²) in [6.45, 7) is 10.5. The van der Waals surface area contributed by atoms with Gasteiger partial charge in [-0.15, -0.1) is 0 Å². The zero-order valence-corrected chi connectivity index (χ0v) is 11.5. The van der Waals surface area contributed by atoms with Gasteiger partial charge in [0.15, 0.2) is 0 Å². The van der Waals surface area contributed by atoms with Crippen molar-refractivity contribution in [3.8, 4) is 0 Å². The molecule has 1 fully saturated rings. The average molecular weight is 231 g/mol. The summed E-state index contributed by atoms with van der Waals surface area (Å²) in [5.74, 6) is 0.916. The van der Waals surface area contributed by atoms with Crippen LogP contribution in [0.3, 0.4) is 0 Å². The molecule has 94 valence electrons. The van der Waals surface area contributed by atoms with E-state index in [0.29, 0.717) is 0 Å². The highest BCUT2D eigenvalue weighted by Crippen LogP contribution is 2.19. The minimum absolute atomic E-state index is 0.916. The SMILES string of the molecule is Cc1ccc(CN2CCCC(C)CC2)cc1C. The molecular formula is C16H25N. The van der Waals surface area contributed by atoms with Crippen molar-refractivity contribution >= 4 is 0 Å². The van der Waals surface area contributed by atoms with Gasteiger partial charge in [0, 0.05) is 6.54 Å². The van der Waals surface area contributed by atoms with E-state index in [1.54, 1.807) is 0 Å². The predicted octanol–water partition coefficient (Wildman–Crippen LogP) is 3.93. The molecule has 0 bridgehead atoms. The largest absolute Gasteiger partial charge is 0.299 e. The molecule has 17 heavy (non-hydrogen) atoms. The fourth-order valence-electron chi connectivity index (χ4n) is 2.64. The molecule has 1 saturated heterocycles. The van der Waals surface area contributed by atoms with Gasteiger partial charge in [0.2, 0.25) is 0 Å². The number of likely N-dealkylation sites (tertiary alicyclic amines) is 1. The van der Waals surface area contributed by atoms with Crippen LogP contribution in [0.1, 0.15) is 42.9 Å². The van der Waals surface area contributed by atoms with Gasteiger partial charge in [0.25, 0.3) is 0 Å². The molecule has 2 rings (SSSR count). The van der Waals surface area contributed by atoms with Crippen molar-refractivity contribution in [3.05, 3.63) is 34.9 Å². The lowest BCUT2D eigenvalue weighted by Gasteiger charge is -2.20. The molecule has 1 aliphatic heterocycles. The molecule has 1 aromatic carbocycles. The zero-order valence-electron chi connectivity index (χ0n) is 11.5. The van der Waals surface area contributed by atoms with Crippen LogP contribution >= 0.6 is 0 Å². The molecule has 1 aromatic rings. The molecule has 0 amide bonds. The van der Waals surface area contributed by atoms with Crippen molar-refractivity contribution < 1.29 is 0 Å². The van der Waals surface area contributed by atoms with Crippen LogP contribution in [0.25, 0.3) is 0 Å². The van der Waals surface area contributed by atoms with Gasteiger partial charge in [-0.2, -0.15) is 0 Å². The number of nitrogens with zero attached hydrogens (tertiary/aromatic N) is 1. The van der Waals surface area contributed by atoms with Crippen LogP contribution in [-0.4, -0.2) is 18.0 Å². The summed E-state index contributed by atoms with van der Waals surface area (Å²) in [5, 5.41) is 0. The lowest BCUT2D eigenvalue weighted by molar-refractivity contribution is 0.273. The van der Waals surface area contributed by atoms with Gasteiger partial charge < -0.3 is 0 Å². The normalized spacial score (nSPS) is 22.4. The minimum Gasteiger partial charge on any atom is -0.299 e. The number of rotatable bonds is 2. The van der Waals surface area contributed by atoms with Crippen LogP contribution in [0.4, 0.5) is 0 Å². The molecular weight excluding hydrogens is 206 g/mol. The first kappa shape index (κ1) is 12.6. The molecule has 1 heterocycles. The molecule has 0 N–H and O–H groups in total. The van der Waals surface area contributed by atoms with E-state index in [0.717, 1.165) is 12.5 Å². The molecule has 1 atom stereocenters. The summed E-state index contributed by atoms with van der Waals surface area (Å²) >= 11 is 0. The first-order valence-electron chi connectivity index (χ1n) is 6.93. The third-order valence-corrected chi connectivity index (χ3v) is 4.09. The Kier molecular flexibility index (Phi) is 4.22. The van der Waals surface area contributed by atoms with E-state index in [4.69, 9.17) is 0 Å². The van der Waals surface area contributed by atoms with Crippen LogP contribution in [0.2, 0.25) is 0 Å². The molecule has 0 radical (unpaired) electrons. The van der Waals surface area contributed by atoms with Crippen molar-refractivity contribution in [1.82, 2.24) is 4.90 Å². The molecule has 1 nitrogen and oxygen atoms in total. The standard InChI is InChI=1S/C16H25N/c1-13-5-4-9-17(10-8-13)12-16-7-6-14(2)15(3)11-16/h6-7,11,13H,4-5,8-10,12H2,1-3H3. The summed E-state index contributed by atoms with van der Waals surface area (Å²) in [4.78, 5) is 2.62. The summed E-state index contributed by atoms with van der Waals surface area (Å²) in [5.41, 5.74) is 4.30. The summed E-state index contributed by atoms with van der Waals surface area (Å²) in [7, 11) is 0. The zero-order chi connectivity index (χ0) is 12.3. The minimum atomic E-state index is 0.916. The molecule has 1 aliphatic rings. The highest BCUT2D eigenvalue weighted by molar-refractivity contribution is 5.29. The second-order valence-corrected chi connectivity index (χ2v) is 5.73. The Hall–Kier alpha value is -0.820. The summed E-state index contributed by atoms with van der Waals surface area (Å²) < 4.78 is 0. The monoisotopic (exact) mass is 231 g/mol. The summed E-state index contributed by atoms with van der Waals surface area (Å²) in [6, 6.07) is 6.89. The molecule has 0 saturated carbocycles. The van der Waals surface area contributed by atoms with Gasteiger partial charge in [-0.3, -0.25) is 4.90 Å². The van der Waals surface area contributed by atoms with Crippen molar-refractivity contribution in [2.75, 3.05) is 13.1 Å². The fraction of sp³-hybridized carbons (Fsp3) is 0.625. The first-order chi connectivity index (χ1) is 8.15. The van der Waals surface area contributed by atoms with Crippen LogP contribution in [0.5, 0.6) is 0 Å². The van der Waals surface area contributed by atoms with Crippen molar-refractivity contribution in [3.63, 3.8) is 0 Å². The van der Waals surface area contributed by atoms with Crippen molar-refractivity contribution in [2.45, 2.75) is 46.6 Å². The topological polar surface area (TPSA) is 3.24 Å². The van der Waals surface area contributed by atoms with Crippen molar-refractivity contribution in [2.24, 2.45) is 5.92 Å². The Labute approximate surface area is 106 Å². The second kappa shape index (κ2) is 5.68. The highest BCUT2D eigenvalue weighted by atomic mass is 15.1. The Morgan fingerprint density at radius 3 is 2.71 bits per heavy atom. The molecule has 1 heteroatoms. The van der Waals surface area contributed by atoms with Gasteiger partial charge in [-0.05, 0) is 68.8 Å². The van der Waals surface area contributed by atoms with E-state index >= 15 is 0 Å². The number of benzene rings is 1. The maximum Gasteiger partial charge on any atom is 0.0233 e. The van der Waals surface area contributed by atoms with E-state index in [1.165, 1.54) is 49.0 Å². The Bertz CT molecular complexity index is 370. The van der Waals surface area contributed by atoms with Gasteiger partial charge in [0.05, 0.1) is 0 Å². The maximum atomic E-state index is 2.62. The second-order valence-electron chi connectivity index (χ2n) is 5.73. The van der Waals surface area contributed by atoms with E-state index < -0.39 is 0 Å². The van der Waals surface area contributed by atoms with Crippen LogP contribution in [0, 0.1) is 19.8 Å². The van der Waals surface area contributed by atoms with E-state index in [2.05, 4.69) is 43.9 Å². The lowest BCUT2D eigenvalue weighted by atomic mass is 10.0. The van der Waals surface area contributed by atoms with Gasteiger partial charge in [-0.25, -0.2) is 0 Å². The van der Waals surface area contributed by atoms with Crippen LogP contribution in [-0.2, 0) is 6.54 Å². The van der Waals surface area contributed by atoms with E-state index in [1.807, 2.05) is 0 Å². The van der Waals surface area contributed by atoms with Gasteiger partial charge >= 0.3 is 0 Å². The molecule has 1 unspecified atom stereocenters. The predicted molar refractivity (Wildman–Crippen MR) is 74.2 cm³/mol. The van der Waals surface area contributed by atoms with Crippen molar-refractivity contribution in [1.29, 1.82) is 0 Å². The first-order valence-corrected chi connectivity index (χ1v) is 6.93. The maximum absolute atomic E-state index is 2.62. The molecule has 0 aliphatic carbocycles. The number of hydrogen-bond acceptors (Lipinski definition) is 1. The fourth-order valence-corrected chi connectivity index (χ4v) is 2.64. The van der Waals surface area contributed by atoms with E-state index in [9.17, 15) is 0 Å². The quantitative estimate of drug-likeness (QED) is 0.745. The average Bonchev–Trinajstić information content (AvgIpc) is 2.49. The number of hydrogen-bond donors (Lipinski definition) is 0. The molecule has 0 aromatic heterocycles. The van der Waals surface area contributed by atoms with Gasteiger partial charge in [0.1, 0.15) is 0 Å². The van der Waals surface area contributed by atoms with Crippen LogP contribution < -0.4 is 0 Å². The third-order valence-electron chi connectivity index (χ3n) is 4.09. The van der Waals surface area contributed by atoms with Crippen LogP contribution in [0.15, 0.2) is 18.2 Å². The lowest BCUT2D eigenvalue weighted by Crippen LogP contribution is -2.24. The molecule has 0 spiro atoms.